The first-order valence-corrected chi connectivity index (χ1v) is 12.8. The summed E-state index contributed by atoms with van der Waals surface area (Å²) in [5.41, 5.74) is -0.479. The van der Waals surface area contributed by atoms with Crippen LogP contribution in [0.2, 0.25) is 0 Å². The molecule has 0 aliphatic carbocycles. The molecule has 3 fully saturated rings. The number of rotatable bonds is 6. The molecular weight excluding hydrogens is 444 g/mol. The van der Waals surface area contributed by atoms with Gasteiger partial charge in [0.05, 0.1) is 18.1 Å². The fourth-order valence-corrected chi connectivity index (χ4v) is 8.53. The first-order valence-electron chi connectivity index (χ1n) is 10.5. The molecule has 4 rings (SSSR count). The van der Waals surface area contributed by atoms with E-state index in [4.69, 9.17) is 0 Å². The Bertz CT molecular complexity index is 934. The maximum atomic E-state index is 12.5. The molecule has 4 heterocycles. The molecule has 0 aromatic carbocycles. The lowest BCUT2D eigenvalue weighted by molar-refractivity contribution is -0.163. The molecule has 6 atom stereocenters. The second-order valence-corrected chi connectivity index (χ2v) is 12.6. The van der Waals surface area contributed by atoms with Crippen molar-refractivity contribution in [2.75, 3.05) is 19.6 Å². The molecule has 174 valence electrons. The van der Waals surface area contributed by atoms with Crippen molar-refractivity contribution in [3.05, 3.63) is 10.6 Å². The van der Waals surface area contributed by atoms with Gasteiger partial charge in [-0.15, -0.1) is 11.8 Å². The highest BCUT2D eigenvalue weighted by Gasteiger charge is 2.60. The molecule has 2 unspecified atom stereocenters. The molecule has 31 heavy (non-hydrogen) atoms. The van der Waals surface area contributed by atoms with Gasteiger partial charge >= 0.3 is 5.97 Å². The van der Waals surface area contributed by atoms with Crippen molar-refractivity contribution in [1.29, 1.82) is 0 Å². The fraction of sp³-hybridized carbons (Fsp3) is 0.789. The van der Waals surface area contributed by atoms with E-state index >= 15 is 0 Å². The van der Waals surface area contributed by atoms with Crippen LogP contribution < -0.4 is 10.0 Å². The van der Waals surface area contributed by atoms with Gasteiger partial charge in [0.25, 0.3) is 10.2 Å². The lowest BCUT2D eigenvalue weighted by Gasteiger charge is -2.46. The number of fused-ring (bicyclic) bond motifs is 1. The Morgan fingerprint density at radius 3 is 2.61 bits per heavy atom. The number of hydrogen-bond donors (Lipinski definition) is 4. The molecule has 10 nitrogen and oxygen atoms in total. The topological polar surface area (TPSA) is 139 Å². The van der Waals surface area contributed by atoms with Crippen LogP contribution in [-0.2, 0) is 19.8 Å². The van der Waals surface area contributed by atoms with E-state index in [2.05, 4.69) is 10.0 Å². The summed E-state index contributed by atoms with van der Waals surface area (Å²) >= 11 is 1.46. The van der Waals surface area contributed by atoms with Crippen molar-refractivity contribution in [3.63, 3.8) is 0 Å². The van der Waals surface area contributed by atoms with E-state index in [0.717, 1.165) is 0 Å². The van der Waals surface area contributed by atoms with Crippen LogP contribution in [0.1, 0.15) is 34.1 Å². The number of aliphatic hydroxyl groups excluding tert-OH is 1. The van der Waals surface area contributed by atoms with E-state index < -0.39 is 33.7 Å². The number of carbonyl (C=O) groups excluding carboxylic acids is 1. The number of amides is 1. The number of nitrogens with zero attached hydrogens (tertiary/aromatic N) is 2. The van der Waals surface area contributed by atoms with Crippen LogP contribution in [0.25, 0.3) is 0 Å². The maximum absolute atomic E-state index is 12.5. The number of aliphatic hydroxyl groups is 1. The minimum absolute atomic E-state index is 0.0286. The molecule has 1 amide bonds. The molecule has 0 aromatic heterocycles. The zero-order chi connectivity index (χ0) is 22.9. The molecule has 0 saturated carbocycles. The van der Waals surface area contributed by atoms with Gasteiger partial charge < -0.3 is 20.4 Å². The highest BCUT2D eigenvalue weighted by molar-refractivity contribution is 8.03. The van der Waals surface area contributed by atoms with E-state index in [0.29, 0.717) is 31.0 Å². The van der Waals surface area contributed by atoms with Gasteiger partial charge in [-0.25, -0.2) is 4.79 Å². The normalized spacial score (nSPS) is 37.8. The van der Waals surface area contributed by atoms with Crippen LogP contribution in [-0.4, -0.2) is 88.3 Å². The molecule has 4 aliphatic rings. The van der Waals surface area contributed by atoms with Crippen LogP contribution in [0.4, 0.5) is 0 Å². The number of aliphatic carboxylic acids is 1. The molecule has 4 aliphatic heterocycles. The van der Waals surface area contributed by atoms with Gasteiger partial charge in [-0.2, -0.15) is 17.4 Å². The summed E-state index contributed by atoms with van der Waals surface area (Å²) in [6.45, 7) is 8.54. The van der Waals surface area contributed by atoms with Crippen molar-refractivity contribution >= 4 is 33.8 Å². The number of carboxylic acid groups (broad SMARTS) is 1. The van der Waals surface area contributed by atoms with Gasteiger partial charge in [-0.05, 0) is 27.2 Å². The van der Waals surface area contributed by atoms with E-state index in [1.54, 1.807) is 6.92 Å². The van der Waals surface area contributed by atoms with Gasteiger partial charge in [0.15, 0.2) is 0 Å². The second kappa shape index (κ2) is 7.70. The quantitative estimate of drug-likeness (QED) is 0.379. The van der Waals surface area contributed by atoms with Gasteiger partial charge in [-0.1, -0.05) is 6.92 Å². The van der Waals surface area contributed by atoms with E-state index in [1.165, 1.54) is 21.0 Å². The Morgan fingerprint density at radius 2 is 2.06 bits per heavy atom. The Morgan fingerprint density at radius 1 is 1.39 bits per heavy atom. The van der Waals surface area contributed by atoms with Crippen molar-refractivity contribution in [2.24, 2.45) is 11.8 Å². The number of nitrogens with one attached hydrogen (secondary N) is 2. The average molecular weight is 475 g/mol. The SMILES string of the molecule is C[C@@H](O)C1C(=O)N2C(C(=O)O)=C(S[C@@H]3CN[C@H](CN4CC(C)(C)NS4(=O)=O)C3)[C@H](C)C12. The van der Waals surface area contributed by atoms with Crippen LogP contribution in [0.5, 0.6) is 0 Å². The predicted molar refractivity (Wildman–Crippen MR) is 115 cm³/mol. The van der Waals surface area contributed by atoms with Crippen molar-refractivity contribution in [3.8, 4) is 0 Å². The molecule has 12 heteroatoms. The summed E-state index contributed by atoms with van der Waals surface area (Å²) in [6.07, 6.45) is -0.132. The fourth-order valence-electron chi connectivity index (χ4n) is 5.25. The molecule has 0 radical (unpaired) electrons. The minimum Gasteiger partial charge on any atom is -0.477 e. The largest absolute Gasteiger partial charge is 0.477 e. The standard InChI is InChI=1S/C19H30N4O6S2/c1-9-14-13(10(2)24)17(25)23(14)15(18(26)27)16(9)30-12-5-11(20-6-12)7-22-8-19(3,4)21-31(22,28)29/h9-14,20-21,24H,5-8H2,1-4H3,(H,26,27)/t9-,10-,11+,12+,13?,14?/m1/s1. The lowest BCUT2D eigenvalue weighted by atomic mass is 9.79. The zero-order valence-corrected chi connectivity index (χ0v) is 19.7. The van der Waals surface area contributed by atoms with Crippen LogP contribution >= 0.6 is 11.8 Å². The summed E-state index contributed by atoms with van der Waals surface area (Å²) in [5.74, 6) is -2.21. The summed E-state index contributed by atoms with van der Waals surface area (Å²) in [4.78, 5) is 26.4. The first-order chi connectivity index (χ1) is 14.3. The monoisotopic (exact) mass is 474 g/mol. The Hall–Kier alpha value is -1.18. The summed E-state index contributed by atoms with van der Waals surface area (Å²) in [6, 6.07) is -0.355. The third-order valence-corrected chi connectivity index (χ3v) is 9.81. The molecule has 0 spiro atoms. The summed E-state index contributed by atoms with van der Waals surface area (Å²) < 4.78 is 28.8. The molecular formula is C19H30N4O6S2. The Labute approximate surface area is 186 Å². The van der Waals surface area contributed by atoms with Crippen molar-refractivity contribution < 1.29 is 28.2 Å². The number of thioether (sulfide) groups is 1. The number of carbonyl (C=O) groups is 2. The highest BCUT2D eigenvalue weighted by Crippen LogP contribution is 2.51. The van der Waals surface area contributed by atoms with Gasteiger partial charge in [0.2, 0.25) is 5.91 Å². The maximum Gasteiger partial charge on any atom is 0.353 e. The van der Waals surface area contributed by atoms with Crippen LogP contribution in [0.15, 0.2) is 10.6 Å². The van der Waals surface area contributed by atoms with E-state index in [1.807, 2.05) is 20.8 Å². The predicted octanol–water partition coefficient (Wildman–Crippen LogP) is -0.468. The first kappa shape index (κ1) is 23.0. The zero-order valence-electron chi connectivity index (χ0n) is 18.0. The van der Waals surface area contributed by atoms with Gasteiger partial charge in [0, 0.05) is 47.3 Å². The van der Waals surface area contributed by atoms with Crippen molar-refractivity contribution in [1.82, 2.24) is 19.2 Å². The smallest absolute Gasteiger partial charge is 0.353 e. The number of hydrogen-bond acceptors (Lipinski definition) is 7. The van der Waals surface area contributed by atoms with Gasteiger partial charge in [-0.3, -0.25) is 4.79 Å². The van der Waals surface area contributed by atoms with Gasteiger partial charge in [0.1, 0.15) is 5.70 Å². The molecule has 0 aromatic rings. The molecule has 3 saturated heterocycles. The number of carboxylic acids is 1. The summed E-state index contributed by atoms with van der Waals surface area (Å²) in [7, 11) is -3.50. The van der Waals surface area contributed by atoms with E-state index in [9.17, 15) is 28.2 Å². The number of β-lactam (4-membered cyclic amide) rings is 1. The average Bonchev–Trinajstić information content (AvgIpc) is 3.21. The third kappa shape index (κ3) is 3.91. The minimum atomic E-state index is -3.50. The Balaban J connectivity index is 1.44. The molecule has 0 bridgehead atoms. The van der Waals surface area contributed by atoms with Crippen LogP contribution in [0, 0.1) is 11.8 Å². The second-order valence-electron chi connectivity index (χ2n) is 9.64. The summed E-state index contributed by atoms with van der Waals surface area (Å²) in [5, 5.41) is 23.2. The Kier molecular flexibility index (Phi) is 5.71. The molecule has 4 N–H and O–H groups in total. The third-order valence-electron chi connectivity index (χ3n) is 6.53. The lowest BCUT2D eigenvalue weighted by Crippen LogP contribution is -2.63. The van der Waals surface area contributed by atoms with Crippen molar-refractivity contribution in [2.45, 2.75) is 63.1 Å². The highest BCUT2D eigenvalue weighted by atomic mass is 32.2. The van der Waals surface area contributed by atoms with Crippen LogP contribution in [0.3, 0.4) is 0 Å². The van der Waals surface area contributed by atoms with E-state index in [-0.39, 0.29) is 34.9 Å².